The molecule has 0 saturated heterocycles. The number of halogens is 6. The minimum Gasteiger partial charge on any atom is -0.383 e. The van der Waals surface area contributed by atoms with Gasteiger partial charge in [-0.05, 0) is 50.2 Å². The lowest BCUT2D eigenvalue weighted by molar-refractivity contribution is -0.143. The van der Waals surface area contributed by atoms with E-state index in [1.54, 1.807) is 19.0 Å². The average molecular weight is 562 g/mol. The summed E-state index contributed by atoms with van der Waals surface area (Å²) in [6.45, 7) is 5.83. The van der Waals surface area contributed by atoms with E-state index in [0.29, 0.717) is 31.0 Å². The van der Waals surface area contributed by atoms with Crippen LogP contribution in [0, 0.1) is 25.7 Å². The number of benzene rings is 2. The van der Waals surface area contributed by atoms with Gasteiger partial charge < -0.3 is 19.9 Å². The molecule has 2 amide bonds. The van der Waals surface area contributed by atoms with Crippen molar-refractivity contribution in [3.05, 3.63) is 58.7 Å². The second-order valence-electron chi connectivity index (χ2n) is 9.57. The van der Waals surface area contributed by atoms with Gasteiger partial charge in [-0.3, -0.25) is 9.59 Å². The largest absolute Gasteiger partial charge is 0.416 e. The molecule has 1 N–H and O–H groups in total. The lowest BCUT2D eigenvalue weighted by Gasteiger charge is -2.31. The van der Waals surface area contributed by atoms with Gasteiger partial charge in [0.15, 0.2) is 0 Å². The molecular formula is C27H33F6N3O3. The first-order chi connectivity index (χ1) is 18.0. The minimum absolute atomic E-state index is 0.00617. The Balaban J connectivity index is 2.45. The van der Waals surface area contributed by atoms with E-state index in [-0.39, 0.29) is 12.6 Å². The van der Waals surface area contributed by atoms with Crippen LogP contribution in [-0.2, 0) is 26.7 Å². The number of para-hydroxylation sites is 1. The fourth-order valence-electron chi connectivity index (χ4n) is 4.33. The van der Waals surface area contributed by atoms with Crippen molar-refractivity contribution in [3.8, 4) is 0 Å². The zero-order chi connectivity index (χ0) is 29.7. The number of hydrogen-bond acceptors (Lipinski definition) is 4. The van der Waals surface area contributed by atoms with Crippen molar-refractivity contribution in [2.24, 2.45) is 11.8 Å². The van der Waals surface area contributed by atoms with Crippen molar-refractivity contribution >= 4 is 23.2 Å². The van der Waals surface area contributed by atoms with Crippen LogP contribution in [0.25, 0.3) is 0 Å². The zero-order valence-electron chi connectivity index (χ0n) is 22.6. The van der Waals surface area contributed by atoms with Crippen LogP contribution in [0.3, 0.4) is 0 Å². The molecular weight excluding hydrogens is 528 g/mol. The van der Waals surface area contributed by atoms with E-state index in [0.717, 1.165) is 11.1 Å². The number of aryl methyl sites for hydroxylation is 2. The van der Waals surface area contributed by atoms with E-state index < -0.39 is 52.8 Å². The van der Waals surface area contributed by atoms with E-state index in [2.05, 4.69) is 5.32 Å². The summed E-state index contributed by atoms with van der Waals surface area (Å²) < 4.78 is 85.0. The van der Waals surface area contributed by atoms with Crippen molar-refractivity contribution in [2.75, 3.05) is 51.1 Å². The monoisotopic (exact) mass is 561 g/mol. The highest BCUT2D eigenvalue weighted by Crippen LogP contribution is 2.38. The molecule has 0 bridgehead atoms. The van der Waals surface area contributed by atoms with Crippen molar-refractivity contribution < 1.29 is 40.7 Å². The Bertz CT molecular complexity index is 1110. The highest BCUT2D eigenvalue weighted by atomic mass is 19.4. The van der Waals surface area contributed by atoms with Crippen LogP contribution in [0.4, 0.5) is 37.7 Å². The second-order valence-corrected chi connectivity index (χ2v) is 9.57. The molecule has 12 heteroatoms. The molecule has 6 nitrogen and oxygen atoms in total. The summed E-state index contributed by atoms with van der Waals surface area (Å²) in [4.78, 5) is 30.0. The molecule has 216 valence electrons. The number of rotatable bonds is 10. The molecule has 0 heterocycles. The van der Waals surface area contributed by atoms with Crippen LogP contribution in [0.5, 0.6) is 0 Å². The number of alkyl halides is 6. The number of nitrogens with zero attached hydrogens (tertiary/aromatic N) is 2. The molecule has 2 rings (SSSR count). The van der Waals surface area contributed by atoms with Gasteiger partial charge in [-0.25, -0.2) is 0 Å². The third kappa shape index (κ3) is 8.43. The van der Waals surface area contributed by atoms with Gasteiger partial charge in [0.05, 0.1) is 23.7 Å². The number of carbonyl (C=O) groups is 2. The number of anilines is 2. The van der Waals surface area contributed by atoms with E-state index >= 15 is 0 Å². The first-order valence-electron chi connectivity index (χ1n) is 12.1. The number of methoxy groups -OCH3 is 1. The minimum atomic E-state index is -5.07. The molecule has 0 aliphatic heterocycles. The third-order valence-corrected chi connectivity index (χ3v) is 6.48. The van der Waals surface area contributed by atoms with Gasteiger partial charge in [-0.1, -0.05) is 25.1 Å². The standard InChI is InChI=1S/C27H33F6N3O3/c1-16-8-7-9-17(2)23(16)36(5)25(38)18(3)22(15-35(4)10-11-39-6)24(37)34-21-13-19(26(28,29)30)12-20(14-21)27(31,32)33/h7-9,12-14,18,22H,10-11,15H2,1-6H3,(H,34,37). The number of nitrogens with one attached hydrogen (secondary N) is 1. The Labute approximate surface area is 223 Å². The predicted octanol–water partition coefficient (Wildman–Crippen LogP) is 5.77. The van der Waals surface area contributed by atoms with Crippen molar-refractivity contribution in [3.63, 3.8) is 0 Å². The molecule has 2 unspecified atom stereocenters. The average Bonchev–Trinajstić information content (AvgIpc) is 2.83. The van der Waals surface area contributed by atoms with Crippen LogP contribution >= 0.6 is 0 Å². The summed E-state index contributed by atoms with van der Waals surface area (Å²) in [5, 5.41) is 2.20. The Morgan fingerprint density at radius 2 is 1.46 bits per heavy atom. The first kappa shape index (κ1) is 32.1. The molecule has 39 heavy (non-hydrogen) atoms. The van der Waals surface area contributed by atoms with Crippen LogP contribution < -0.4 is 10.2 Å². The maximum Gasteiger partial charge on any atom is 0.416 e. The van der Waals surface area contributed by atoms with E-state index in [1.165, 1.54) is 18.9 Å². The van der Waals surface area contributed by atoms with E-state index in [1.807, 2.05) is 32.0 Å². The van der Waals surface area contributed by atoms with Crippen molar-refractivity contribution in [1.29, 1.82) is 0 Å². The predicted molar refractivity (Wildman–Crippen MR) is 136 cm³/mol. The maximum atomic E-state index is 13.5. The number of hydrogen-bond donors (Lipinski definition) is 1. The van der Waals surface area contributed by atoms with Crippen molar-refractivity contribution in [2.45, 2.75) is 33.1 Å². The van der Waals surface area contributed by atoms with Gasteiger partial charge in [0.25, 0.3) is 0 Å². The number of amides is 2. The Kier molecular flexibility index (Phi) is 10.6. The SMILES string of the molecule is COCCN(C)CC(C(=O)Nc1cc(C(F)(F)F)cc(C(F)(F)F)c1)C(C)C(=O)N(C)c1c(C)cccc1C. The van der Waals surface area contributed by atoms with Gasteiger partial charge in [-0.2, -0.15) is 26.3 Å². The molecule has 0 aliphatic rings. The molecule has 2 aromatic rings. The normalized spacial score (nSPS) is 13.8. The topological polar surface area (TPSA) is 61.9 Å². The van der Waals surface area contributed by atoms with Gasteiger partial charge >= 0.3 is 12.4 Å². The number of carbonyl (C=O) groups excluding carboxylic acids is 2. The third-order valence-electron chi connectivity index (χ3n) is 6.48. The highest BCUT2D eigenvalue weighted by Gasteiger charge is 2.38. The Morgan fingerprint density at radius 1 is 0.949 bits per heavy atom. The van der Waals surface area contributed by atoms with Crippen molar-refractivity contribution in [1.82, 2.24) is 4.90 Å². The van der Waals surface area contributed by atoms with Crippen LogP contribution in [0.2, 0.25) is 0 Å². The Morgan fingerprint density at radius 3 is 1.92 bits per heavy atom. The summed E-state index contributed by atoms with van der Waals surface area (Å²) >= 11 is 0. The fourth-order valence-corrected chi connectivity index (χ4v) is 4.33. The van der Waals surface area contributed by atoms with E-state index in [4.69, 9.17) is 4.74 Å². The van der Waals surface area contributed by atoms with E-state index in [9.17, 15) is 35.9 Å². The fraction of sp³-hybridized carbons (Fsp3) is 0.481. The number of ether oxygens (including phenoxy) is 1. The number of likely N-dealkylation sites (N-methyl/N-ethyl adjacent to an activating group) is 1. The molecule has 0 spiro atoms. The summed E-state index contributed by atoms with van der Waals surface area (Å²) in [5.41, 5.74) is -1.50. The van der Waals surface area contributed by atoms with Gasteiger partial charge in [0.1, 0.15) is 0 Å². The molecule has 0 saturated carbocycles. The lowest BCUT2D eigenvalue weighted by atomic mass is 9.90. The van der Waals surface area contributed by atoms with Gasteiger partial charge in [0, 0.05) is 44.5 Å². The summed E-state index contributed by atoms with van der Waals surface area (Å²) in [7, 11) is 4.70. The smallest absolute Gasteiger partial charge is 0.383 e. The van der Waals surface area contributed by atoms with Crippen LogP contribution in [-0.4, -0.2) is 57.6 Å². The molecule has 2 aromatic carbocycles. The second kappa shape index (κ2) is 12.8. The Hall–Kier alpha value is -3.12. The molecule has 0 fully saturated rings. The molecule has 0 aliphatic carbocycles. The van der Waals surface area contributed by atoms with Gasteiger partial charge in [0.2, 0.25) is 11.8 Å². The zero-order valence-corrected chi connectivity index (χ0v) is 22.6. The molecule has 0 aromatic heterocycles. The summed E-state index contributed by atoms with van der Waals surface area (Å²) in [5.74, 6) is -3.42. The van der Waals surface area contributed by atoms with Crippen LogP contribution in [0.1, 0.15) is 29.2 Å². The van der Waals surface area contributed by atoms with Gasteiger partial charge in [-0.15, -0.1) is 0 Å². The van der Waals surface area contributed by atoms with Crippen LogP contribution in [0.15, 0.2) is 36.4 Å². The lowest BCUT2D eigenvalue weighted by Crippen LogP contribution is -2.45. The summed E-state index contributed by atoms with van der Waals surface area (Å²) in [6, 6.07) is 6.34. The quantitative estimate of drug-likeness (QED) is 0.374. The highest BCUT2D eigenvalue weighted by molar-refractivity contribution is 6.01. The maximum absolute atomic E-state index is 13.5. The first-order valence-corrected chi connectivity index (χ1v) is 12.1. The molecule has 0 radical (unpaired) electrons. The molecule has 2 atom stereocenters. The summed E-state index contributed by atoms with van der Waals surface area (Å²) in [6.07, 6.45) is -10.1.